The van der Waals surface area contributed by atoms with Gasteiger partial charge in [-0.2, -0.15) is 0 Å². The van der Waals surface area contributed by atoms with Crippen LogP contribution in [0.15, 0.2) is 59.1 Å². The summed E-state index contributed by atoms with van der Waals surface area (Å²) in [4.78, 5) is 4.77. The molecular weight excluding hydrogens is 460 g/mol. The van der Waals surface area contributed by atoms with E-state index in [9.17, 15) is 0 Å². The Morgan fingerprint density at radius 3 is 2.60 bits per heavy atom. The van der Waals surface area contributed by atoms with Crippen molar-refractivity contribution in [2.45, 2.75) is 20.4 Å². The zero-order valence-corrected chi connectivity index (χ0v) is 19.6. The largest absolute Gasteiger partial charge is 0.493 e. The Labute approximate surface area is 189 Å². The van der Waals surface area contributed by atoms with Crippen LogP contribution in [0.1, 0.15) is 18.1 Å². The summed E-state index contributed by atoms with van der Waals surface area (Å²) in [6.07, 6.45) is 0. The van der Waals surface area contributed by atoms with Gasteiger partial charge in [-0.25, -0.2) is 4.98 Å². The highest BCUT2D eigenvalue weighted by Crippen LogP contribution is 2.36. The van der Waals surface area contributed by atoms with E-state index in [0.717, 1.165) is 43.3 Å². The second kappa shape index (κ2) is 9.06. The summed E-state index contributed by atoms with van der Waals surface area (Å²) in [6, 6.07) is 18.7. The lowest BCUT2D eigenvalue weighted by molar-refractivity contribution is 0.308. The number of nitrogens with one attached hydrogen (secondary N) is 1. The molecule has 0 fully saturated rings. The summed E-state index contributed by atoms with van der Waals surface area (Å²) >= 11 is 5.28. The maximum atomic E-state index is 5.82. The van der Waals surface area contributed by atoms with Crippen molar-refractivity contribution in [3.63, 3.8) is 0 Å². The Balaban J connectivity index is 1.52. The van der Waals surface area contributed by atoms with Gasteiger partial charge < -0.3 is 14.8 Å². The fourth-order valence-corrected chi connectivity index (χ4v) is 4.85. The fourth-order valence-electron chi connectivity index (χ4n) is 3.30. The summed E-state index contributed by atoms with van der Waals surface area (Å²) < 4.78 is 13.5. The van der Waals surface area contributed by atoms with Gasteiger partial charge in [0, 0.05) is 27.8 Å². The minimum Gasteiger partial charge on any atom is -0.493 e. The van der Waals surface area contributed by atoms with Crippen LogP contribution >= 0.6 is 27.3 Å². The van der Waals surface area contributed by atoms with Crippen molar-refractivity contribution in [1.29, 1.82) is 0 Å². The Morgan fingerprint density at radius 2 is 1.87 bits per heavy atom. The molecule has 0 amide bonds. The first kappa shape index (κ1) is 20.7. The summed E-state index contributed by atoms with van der Waals surface area (Å²) in [5, 5.41) is 4.52. The highest BCUT2D eigenvalue weighted by molar-refractivity contribution is 9.10. The summed E-state index contributed by atoms with van der Waals surface area (Å²) in [5.41, 5.74) is 5.51. The van der Waals surface area contributed by atoms with E-state index in [1.54, 1.807) is 18.4 Å². The quantitative estimate of drug-likeness (QED) is 0.306. The van der Waals surface area contributed by atoms with E-state index >= 15 is 0 Å². The first-order valence-electron chi connectivity index (χ1n) is 9.78. The van der Waals surface area contributed by atoms with Crippen LogP contribution in [-0.4, -0.2) is 18.7 Å². The van der Waals surface area contributed by atoms with Crippen LogP contribution in [0.2, 0.25) is 0 Å². The lowest BCUT2D eigenvalue weighted by Crippen LogP contribution is -2.05. The third-order valence-corrected chi connectivity index (χ3v) is 6.29. The Kier molecular flexibility index (Phi) is 6.25. The van der Waals surface area contributed by atoms with E-state index < -0.39 is 0 Å². The molecule has 3 aromatic carbocycles. The lowest BCUT2D eigenvalue weighted by atomic mass is 10.1. The zero-order chi connectivity index (χ0) is 21.1. The van der Waals surface area contributed by atoms with E-state index in [1.165, 1.54) is 10.3 Å². The normalized spacial score (nSPS) is 10.9. The number of hydrogen-bond donors (Lipinski definition) is 1. The molecule has 0 radical (unpaired) electrons. The van der Waals surface area contributed by atoms with Gasteiger partial charge in [-0.15, -0.1) is 11.3 Å². The molecule has 154 valence electrons. The van der Waals surface area contributed by atoms with Gasteiger partial charge in [0.25, 0.3) is 0 Å². The van der Waals surface area contributed by atoms with Gasteiger partial charge in [0.1, 0.15) is 5.01 Å². The number of benzene rings is 3. The number of nitrogens with zero attached hydrogens (tertiary/aromatic N) is 1. The van der Waals surface area contributed by atoms with Gasteiger partial charge in [-0.1, -0.05) is 22.0 Å². The molecule has 1 heterocycles. The molecule has 6 heteroatoms. The molecule has 1 N–H and O–H groups in total. The number of aryl methyl sites for hydroxylation is 1. The van der Waals surface area contributed by atoms with Crippen LogP contribution in [-0.2, 0) is 6.54 Å². The van der Waals surface area contributed by atoms with Gasteiger partial charge in [-0.05, 0) is 67.9 Å². The number of ether oxygens (including phenoxy) is 2. The molecule has 0 saturated heterocycles. The SMILES string of the molecule is CCOc1c(CNc2ccc(-c3nc4ccc(C)cc4s3)cc2)cc(Br)cc1OC. The number of hydrogen-bond acceptors (Lipinski definition) is 5. The molecule has 0 saturated carbocycles. The van der Waals surface area contributed by atoms with Crippen molar-refractivity contribution >= 4 is 43.2 Å². The van der Waals surface area contributed by atoms with Crippen molar-refractivity contribution in [3.8, 4) is 22.1 Å². The molecule has 30 heavy (non-hydrogen) atoms. The summed E-state index contributed by atoms with van der Waals surface area (Å²) in [5.74, 6) is 1.50. The van der Waals surface area contributed by atoms with E-state index in [1.807, 2.05) is 13.0 Å². The molecule has 0 atom stereocenters. The molecule has 0 bridgehead atoms. The predicted molar refractivity (Wildman–Crippen MR) is 129 cm³/mol. The van der Waals surface area contributed by atoms with Crippen molar-refractivity contribution in [1.82, 2.24) is 4.98 Å². The van der Waals surface area contributed by atoms with E-state index in [-0.39, 0.29) is 0 Å². The van der Waals surface area contributed by atoms with Crippen molar-refractivity contribution in [3.05, 3.63) is 70.2 Å². The number of rotatable bonds is 7. The Morgan fingerprint density at radius 1 is 1.07 bits per heavy atom. The molecule has 0 aliphatic rings. The van der Waals surface area contributed by atoms with Crippen LogP contribution in [0, 0.1) is 6.92 Å². The van der Waals surface area contributed by atoms with E-state index in [4.69, 9.17) is 14.5 Å². The first-order chi connectivity index (χ1) is 14.6. The molecular formula is C24H23BrN2O2S. The first-order valence-corrected chi connectivity index (χ1v) is 11.4. The van der Waals surface area contributed by atoms with E-state index in [0.29, 0.717) is 13.2 Å². The van der Waals surface area contributed by atoms with Crippen molar-refractivity contribution < 1.29 is 9.47 Å². The third kappa shape index (κ3) is 4.45. The average molecular weight is 483 g/mol. The van der Waals surface area contributed by atoms with Crippen molar-refractivity contribution in [2.24, 2.45) is 0 Å². The van der Waals surface area contributed by atoms with Crippen LogP contribution in [0.4, 0.5) is 5.69 Å². The average Bonchev–Trinajstić information content (AvgIpc) is 3.17. The minimum absolute atomic E-state index is 0.585. The van der Waals surface area contributed by atoms with Crippen LogP contribution in [0.3, 0.4) is 0 Å². The fraction of sp³-hybridized carbons (Fsp3) is 0.208. The van der Waals surface area contributed by atoms with Gasteiger partial charge in [0.05, 0.1) is 23.9 Å². The van der Waals surface area contributed by atoms with Gasteiger partial charge in [0.15, 0.2) is 11.5 Å². The van der Waals surface area contributed by atoms with Crippen LogP contribution in [0.25, 0.3) is 20.8 Å². The third-order valence-electron chi connectivity index (χ3n) is 4.76. The number of methoxy groups -OCH3 is 1. The van der Waals surface area contributed by atoms with E-state index in [2.05, 4.69) is 76.7 Å². The molecule has 0 aliphatic carbocycles. The number of thiazole rings is 1. The second-order valence-corrected chi connectivity index (χ2v) is 8.90. The zero-order valence-electron chi connectivity index (χ0n) is 17.2. The van der Waals surface area contributed by atoms with Crippen LogP contribution in [0.5, 0.6) is 11.5 Å². The minimum atomic E-state index is 0.585. The molecule has 1 aromatic heterocycles. The lowest BCUT2D eigenvalue weighted by Gasteiger charge is -2.16. The molecule has 0 spiro atoms. The van der Waals surface area contributed by atoms with Gasteiger partial charge in [-0.3, -0.25) is 0 Å². The highest BCUT2D eigenvalue weighted by Gasteiger charge is 2.13. The second-order valence-electron chi connectivity index (χ2n) is 6.95. The maximum Gasteiger partial charge on any atom is 0.166 e. The maximum absolute atomic E-state index is 5.82. The monoisotopic (exact) mass is 482 g/mol. The summed E-state index contributed by atoms with van der Waals surface area (Å²) in [6.45, 7) is 5.30. The number of fused-ring (bicyclic) bond motifs is 1. The van der Waals surface area contributed by atoms with Gasteiger partial charge in [0.2, 0.25) is 0 Å². The number of halogens is 1. The number of aromatic nitrogens is 1. The Bertz CT molecular complexity index is 1170. The Hall–Kier alpha value is -2.57. The highest BCUT2D eigenvalue weighted by atomic mass is 79.9. The van der Waals surface area contributed by atoms with Gasteiger partial charge >= 0.3 is 0 Å². The smallest absolute Gasteiger partial charge is 0.166 e. The molecule has 4 rings (SSSR count). The molecule has 4 aromatic rings. The number of anilines is 1. The summed E-state index contributed by atoms with van der Waals surface area (Å²) in [7, 11) is 1.66. The topological polar surface area (TPSA) is 43.4 Å². The van der Waals surface area contributed by atoms with Crippen molar-refractivity contribution in [2.75, 3.05) is 19.0 Å². The predicted octanol–water partition coefficient (Wildman–Crippen LogP) is 7.05. The van der Waals surface area contributed by atoms with Crippen LogP contribution < -0.4 is 14.8 Å². The molecule has 4 nitrogen and oxygen atoms in total. The molecule has 0 unspecified atom stereocenters. The molecule has 0 aliphatic heterocycles. The standard InChI is InChI=1S/C24H23BrN2O2S/c1-4-29-23-17(12-18(25)13-21(23)28-3)14-26-19-8-6-16(7-9-19)24-27-20-10-5-15(2)11-22(20)30-24/h5-13,26H,4,14H2,1-3H3.